The molecule has 3 aromatic heterocycles. The van der Waals surface area contributed by atoms with Gasteiger partial charge in [-0.2, -0.15) is 10.2 Å². The number of benzene rings is 1. The van der Waals surface area contributed by atoms with Crippen LogP contribution in [0.25, 0.3) is 28.0 Å². The highest BCUT2D eigenvalue weighted by atomic mass is 19.1. The fourth-order valence-corrected chi connectivity index (χ4v) is 4.31. The maximum atomic E-state index is 13.6. The molecule has 168 valence electrons. The van der Waals surface area contributed by atoms with Crippen LogP contribution < -0.4 is 11.4 Å². The summed E-state index contributed by atoms with van der Waals surface area (Å²) in [5, 5.41) is 12.5. The van der Waals surface area contributed by atoms with Gasteiger partial charge in [-0.15, -0.1) is 5.10 Å². The van der Waals surface area contributed by atoms with E-state index in [4.69, 9.17) is 10.5 Å². The van der Waals surface area contributed by atoms with Gasteiger partial charge in [-0.3, -0.25) is 0 Å². The van der Waals surface area contributed by atoms with E-state index in [1.165, 1.54) is 21.2 Å². The first kappa shape index (κ1) is 21.0. The SMILES string of the molecule is C/C=C\[C@]1(Cn2nc3c(-c4ccnnc4)c(-c4ccc(F)cc4)nc(N)n3c2=O)CCCO1. The molecule has 33 heavy (non-hydrogen) atoms. The molecule has 0 saturated carbocycles. The predicted molar refractivity (Wildman–Crippen MR) is 121 cm³/mol. The van der Waals surface area contributed by atoms with Crippen molar-refractivity contribution in [1.29, 1.82) is 0 Å². The van der Waals surface area contributed by atoms with Crippen LogP contribution >= 0.6 is 0 Å². The Morgan fingerprint density at radius 2 is 2.03 bits per heavy atom. The van der Waals surface area contributed by atoms with E-state index >= 15 is 0 Å². The first-order valence-electron chi connectivity index (χ1n) is 10.6. The average molecular weight is 447 g/mol. The number of hydrogen-bond donors (Lipinski definition) is 1. The van der Waals surface area contributed by atoms with Gasteiger partial charge in [0.05, 0.1) is 30.2 Å². The van der Waals surface area contributed by atoms with E-state index in [1.807, 2.05) is 19.1 Å². The van der Waals surface area contributed by atoms with Gasteiger partial charge in [0.1, 0.15) is 11.4 Å². The molecule has 0 radical (unpaired) electrons. The van der Waals surface area contributed by atoms with E-state index in [2.05, 4.69) is 20.3 Å². The fourth-order valence-electron chi connectivity index (χ4n) is 4.31. The summed E-state index contributed by atoms with van der Waals surface area (Å²) >= 11 is 0. The molecule has 1 aliphatic heterocycles. The summed E-state index contributed by atoms with van der Waals surface area (Å²) in [6.07, 6.45) is 8.68. The van der Waals surface area contributed by atoms with Gasteiger partial charge in [0.2, 0.25) is 5.95 Å². The van der Waals surface area contributed by atoms with Crippen molar-refractivity contribution in [2.45, 2.75) is 31.9 Å². The third-order valence-corrected chi connectivity index (χ3v) is 5.77. The van der Waals surface area contributed by atoms with Crippen LogP contribution in [0.4, 0.5) is 10.3 Å². The number of anilines is 1. The first-order chi connectivity index (χ1) is 16.0. The summed E-state index contributed by atoms with van der Waals surface area (Å²) in [5.41, 5.74) is 7.84. The lowest BCUT2D eigenvalue weighted by atomic mass is 10.00. The van der Waals surface area contributed by atoms with Crippen molar-refractivity contribution in [2.24, 2.45) is 0 Å². The zero-order valence-electron chi connectivity index (χ0n) is 18.0. The minimum absolute atomic E-state index is 0.0150. The van der Waals surface area contributed by atoms with Crippen molar-refractivity contribution in [3.63, 3.8) is 0 Å². The number of hydrogen-bond acceptors (Lipinski definition) is 7. The Morgan fingerprint density at radius 3 is 2.70 bits per heavy atom. The van der Waals surface area contributed by atoms with E-state index in [0.29, 0.717) is 34.6 Å². The van der Waals surface area contributed by atoms with Crippen molar-refractivity contribution in [3.8, 4) is 22.4 Å². The third-order valence-electron chi connectivity index (χ3n) is 5.77. The summed E-state index contributed by atoms with van der Waals surface area (Å²) in [6.45, 7) is 2.79. The van der Waals surface area contributed by atoms with E-state index in [1.54, 1.807) is 30.6 Å². The number of halogens is 1. The molecule has 2 N–H and O–H groups in total. The minimum atomic E-state index is -0.600. The lowest BCUT2D eigenvalue weighted by molar-refractivity contribution is 0.0274. The number of rotatable bonds is 5. The van der Waals surface area contributed by atoms with Gasteiger partial charge in [-0.1, -0.05) is 12.2 Å². The monoisotopic (exact) mass is 447 g/mol. The van der Waals surface area contributed by atoms with Gasteiger partial charge in [0.25, 0.3) is 0 Å². The van der Waals surface area contributed by atoms with E-state index < -0.39 is 11.3 Å². The second-order valence-corrected chi connectivity index (χ2v) is 7.95. The van der Waals surface area contributed by atoms with Crippen LogP contribution in [0, 0.1) is 5.82 Å². The van der Waals surface area contributed by atoms with Gasteiger partial charge < -0.3 is 10.5 Å². The molecule has 0 spiro atoms. The van der Waals surface area contributed by atoms with Crippen LogP contribution in [0.3, 0.4) is 0 Å². The summed E-state index contributed by atoms with van der Waals surface area (Å²) < 4.78 is 22.2. The lowest BCUT2D eigenvalue weighted by Gasteiger charge is -2.23. The molecule has 1 aliphatic rings. The van der Waals surface area contributed by atoms with Crippen LogP contribution in [-0.4, -0.2) is 41.6 Å². The highest BCUT2D eigenvalue weighted by molar-refractivity contribution is 5.90. The molecule has 4 heterocycles. The molecule has 1 aromatic carbocycles. The van der Waals surface area contributed by atoms with Crippen molar-refractivity contribution >= 4 is 11.6 Å². The highest BCUT2D eigenvalue weighted by Gasteiger charge is 2.34. The molecule has 0 bridgehead atoms. The van der Waals surface area contributed by atoms with Crippen LogP contribution in [0.1, 0.15) is 19.8 Å². The number of nitrogen functional groups attached to an aromatic ring is 1. The molecule has 0 amide bonds. The molecule has 0 aliphatic carbocycles. The number of nitrogens with two attached hydrogens (primary N) is 1. The quantitative estimate of drug-likeness (QED) is 0.468. The molecule has 9 nitrogen and oxygen atoms in total. The largest absolute Gasteiger partial charge is 0.369 e. The fraction of sp³-hybridized carbons (Fsp3) is 0.261. The topological polar surface area (TPSA) is 113 Å². The first-order valence-corrected chi connectivity index (χ1v) is 10.6. The Morgan fingerprint density at radius 1 is 1.21 bits per heavy atom. The number of aromatic nitrogens is 6. The Balaban J connectivity index is 1.77. The smallest absolute Gasteiger partial charge is 0.353 e. The van der Waals surface area contributed by atoms with Gasteiger partial charge in [0.15, 0.2) is 5.65 Å². The molecule has 4 aromatic rings. The van der Waals surface area contributed by atoms with E-state index in [-0.39, 0.29) is 18.3 Å². The van der Waals surface area contributed by atoms with Crippen molar-refractivity contribution in [2.75, 3.05) is 12.3 Å². The molecule has 10 heteroatoms. The van der Waals surface area contributed by atoms with Gasteiger partial charge in [0, 0.05) is 17.7 Å². The van der Waals surface area contributed by atoms with Crippen LogP contribution in [-0.2, 0) is 11.3 Å². The molecular weight excluding hydrogens is 425 g/mol. The second kappa shape index (κ2) is 8.21. The number of allylic oxidation sites excluding steroid dienone is 1. The number of nitrogens with zero attached hydrogens (tertiary/aromatic N) is 6. The average Bonchev–Trinajstić information content (AvgIpc) is 3.40. The minimum Gasteiger partial charge on any atom is -0.369 e. The Hall–Kier alpha value is -3.92. The van der Waals surface area contributed by atoms with Crippen LogP contribution in [0.15, 0.2) is 59.7 Å². The maximum Gasteiger partial charge on any atom is 0.353 e. The zero-order valence-corrected chi connectivity index (χ0v) is 18.0. The van der Waals surface area contributed by atoms with Gasteiger partial charge >= 0.3 is 5.69 Å². The second-order valence-electron chi connectivity index (χ2n) is 7.95. The highest BCUT2D eigenvalue weighted by Crippen LogP contribution is 2.34. The van der Waals surface area contributed by atoms with Crippen molar-refractivity contribution in [3.05, 3.63) is 71.2 Å². The van der Waals surface area contributed by atoms with E-state index in [0.717, 1.165) is 12.8 Å². The summed E-state index contributed by atoms with van der Waals surface area (Å²) in [4.78, 5) is 17.9. The molecular formula is C23H22FN7O2. The number of fused-ring (bicyclic) bond motifs is 1. The number of ether oxygens (including phenoxy) is 1. The normalized spacial score (nSPS) is 18.5. The van der Waals surface area contributed by atoms with Crippen LogP contribution in [0.5, 0.6) is 0 Å². The molecule has 1 fully saturated rings. The Labute approximate surface area is 188 Å². The maximum absolute atomic E-state index is 13.6. The zero-order chi connectivity index (χ0) is 23.0. The van der Waals surface area contributed by atoms with Crippen molar-refractivity contribution in [1.82, 2.24) is 29.4 Å². The summed E-state index contributed by atoms with van der Waals surface area (Å²) in [5.74, 6) is -0.384. The molecule has 1 saturated heterocycles. The molecule has 0 unspecified atom stereocenters. The van der Waals surface area contributed by atoms with Crippen molar-refractivity contribution < 1.29 is 9.13 Å². The lowest BCUT2D eigenvalue weighted by Crippen LogP contribution is -2.36. The summed E-state index contributed by atoms with van der Waals surface area (Å²) in [6, 6.07) is 7.64. The predicted octanol–water partition coefficient (Wildman–Crippen LogP) is 2.86. The third kappa shape index (κ3) is 3.68. The summed E-state index contributed by atoms with van der Waals surface area (Å²) in [7, 11) is 0. The Bertz CT molecular complexity index is 1390. The van der Waals surface area contributed by atoms with E-state index in [9.17, 15) is 9.18 Å². The standard InChI is InChI=1S/C23H22FN7O2/c1-2-9-23(10-3-12-33-23)14-30-22(32)31-20(29-30)18(16-8-11-26-27-13-16)19(28-21(31)25)15-4-6-17(24)7-5-15/h2,4-9,11,13H,3,10,12,14H2,1H3,(H2,25,28)/b9-2-/t23-/m1/s1. The van der Waals surface area contributed by atoms with Gasteiger partial charge in [-0.05, 0) is 50.1 Å². The molecule has 5 rings (SSSR count). The Kier molecular flexibility index (Phi) is 5.21. The molecule has 1 atom stereocenters. The van der Waals surface area contributed by atoms with Gasteiger partial charge in [-0.25, -0.2) is 23.3 Å². The van der Waals surface area contributed by atoms with Crippen LogP contribution in [0.2, 0.25) is 0 Å².